The number of ether oxygens (including phenoxy) is 2. The largest absolute Gasteiger partial charge is 0.478 e. The molecule has 0 aliphatic carbocycles. The Labute approximate surface area is 123 Å². The van der Waals surface area contributed by atoms with Crippen LogP contribution in [-0.4, -0.2) is 19.2 Å². The molecule has 0 aromatic heterocycles. The van der Waals surface area contributed by atoms with Gasteiger partial charge in [-0.2, -0.15) is 0 Å². The first-order chi connectivity index (χ1) is 9.22. The number of hydrogen-bond donors (Lipinski definition) is 0. The number of alkyl halides is 2. The van der Waals surface area contributed by atoms with Crippen molar-refractivity contribution < 1.29 is 27.4 Å². The normalized spacial score (nSPS) is 12.9. The van der Waals surface area contributed by atoms with Crippen LogP contribution in [0.5, 0.6) is 5.75 Å². The summed E-state index contributed by atoms with van der Waals surface area (Å²) >= 11 is 2.86. The standard InChI is InChI=1S/C13H14BrF3O3/c1-4-13(16,17)8-5-9(14)10(15)6-11(8)20-7(2)12(18)19-3/h5-7H,4H2,1-3H3/t7-/m0/s1. The molecular formula is C13H14BrF3O3. The number of halogens is 4. The SMILES string of the molecule is CCC(F)(F)c1cc(Br)c(F)cc1O[C@@H](C)C(=O)OC. The van der Waals surface area contributed by atoms with Gasteiger partial charge in [-0.25, -0.2) is 18.0 Å². The number of carbonyl (C=O) groups is 1. The van der Waals surface area contributed by atoms with Crippen molar-refractivity contribution >= 4 is 21.9 Å². The third-order valence-electron chi connectivity index (χ3n) is 2.70. The molecule has 0 aliphatic heterocycles. The minimum Gasteiger partial charge on any atom is -0.478 e. The number of carbonyl (C=O) groups excluding carboxylic acids is 1. The molecule has 0 spiro atoms. The highest BCUT2D eigenvalue weighted by Crippen LogP contribution is 2.40. The highest BCUT2D eigenvalue weighted by Gasteiger charge is 2.34. The van der Waals surface area contributed by atoms with Crippen LogP contribution in [0.3, 0.4) is 0 Å². The number of rotatable bonds is 5. The molecule has 1 atom stereocenters. The molecule has 0 radical (unpaired) electrons. The molecule has 0 saturated heterocycles. The lowest BCUT2D eigenvalue weighted by Crippen LogP contribution is -2.26. The van der Waals surface area contributed by atoms with Gasteiger partial charge >= 0.3 is 5.97 Å². The summed E-state index contributed by atoms with van der Waals surface area (Å²) in [5.41, 5.74) is -0.482. The van der Waals surface area contributed by atoms with Crippen LogP contribution in [0.2, 0.25) is 0 Å². The van der Waals surface area contributed by atoms with Crippen molar-refractivity contribution in [1.82, 2.24) is 0 Å². The summed E-state index contributed by atoms with van der Waals surface area (Å²) in [6, 6.07) is 1.78. The molecule has 3 nitrogen and oxygen atoms in total. The summed E-state index contributed by atoms with van der Waals surface area (Å²) in [6.07, 6.45) is -1.60. The van der Waals surface area contributed by atoms with Crippen molar-refractivity contribution in [3.63, 3.8) is 0 Å². The molecule has 0 heterocycles. The Morgan fingerprint density at radius 3 is 2.55 bits per heavy atom. The fourth-order valence-corrected chi connectivity index (χ4v) is 1.85. The summed E-state index contributed by atoms with van der Waals surface area (Å²) in [6.45, 7) is 2.63. The summed E-state index contributed by atoms with van der Waals surface area (Å²) < 4.78 is 50.6. The van der Waals surface area contributed by atoms with E-state index in [1.54, 1.807) is 0 Å². The van der Waals surface area contributed by atoms with Gasteiger partial charge in [-0.15, -0.1) is 0 Å². The predicted octanol–water partition coefficient (Wildman–Crippen LogP) is 4.03. The zero-order valence-electron chi connectivity index (χ0n) is 11.2. The molecule has 0 unspecified atom stereocenters. The highest BCUT2D eigenvalue weighted by molar-refractivity contribution is 9.10. The topological polar surface area (TPSA) is 35.5 Å². The Morgan fingerprint density at radius 2 is 2.05 bits per heavy atom. The maximum atomic E-state index is 13.9. The van der Waals surface area contributed by atoms with Crippen LogP contribution in [0.15, 0.2) is 16.6 Å². The molecule has 1 aromatic rings. The fourth-order valence-electron chi connectivity index (χ4n) is 1.51. The first-order valence-corrected chi connectivity index (χ1v) is 6.64. The minimum absolute atomic E-state index is 0.0984. The third-order valence-corrected chi connectivity index (χ3v) is 3.31. The Morgan fingerprint density at radius 1 is 1.45 bits per heavy atom. The molecule has 0 amide bonds. The van der Waals surface area contributed by atoms with Gasteiger partial charge in [-0.05, 0) is 28.9 Å². The first kappa shape index (κ1) is 16.8. The zero-order chi connectivity index (χ0) is 15.5. The number of methoxy groups -OCH3 is 1. The Bertz CT molecular complexity index is 506. The summed E-state index contributed by atoms with van der Waals surface area (Å²) in [7, 11) is 1.14. The molecule has 20 heavy (non-hydrogen) atoms. The van der Waals surface area contributed by atoms with E-state index in [1.807, 2.05) is 0 Å². The van der Waals surface area contributed by atoms with Crippen LogP contribution in [0.4, 0.5) is 13.2 Å². The number of hydrogen-bond acceptors (Lipinski definition) is 3. The average molecular weight is 355 g/mol. The second-order valence-electron chi connectivity index (χ2n) is 4.10. The van der Waals surface area contributed by atoms with E-state index < -0.39 is 35.8 Å². The molecule has 0 saturated carbocycles. The third kappa shape index (κ3) is 3.65. The van der Waals surface area contributed by atoms with Crippen LogP contribution in [0, 0.1) is 5.82 Å². The maximum Gasteiger partial charge on any atom is 0.346 e. The van der Waals surface area contributed by atoms with Crippen molar-refractivity contribution in [3.05, 3.63) is 28.0 Å². The van der Waals surface area contributed by atoms with Crippen molar-refractivity contribution in [2.45, 2.75) is 32.3 Å². The summed E-state index contributed by atoms with van der Waals surface area (Å²) in [5.74, 6) is -5.07. The maximum absolute atomic E-state index is 13.9. The molecule has 1 rings (SSSR count). The zero-order valence-corrected chi connectivity index (χ0v) is 12.8. The van der Waals surface area contributed by atoms with Crippen molar-refractivity contribution in [2.24, 2.45) is 0 Å². The second-order valence-corrected chi connectivity index (χ2v) is 4.96. The van der Waals surface area contributed by atoms with E-state index >= 15 is 0 Å². The Kier molecular flexibility index (Phi) is 5.44. The lowest BCUT2D eigenvalue weighted by molar-refractivity contribution is -0.148. The predicted molar refractivity (Wildman–Crippen MR) is 70.4 cm³/mol. The van der Waals surface area contributed by atoms with Gasteiger partial charge in [0.25, 0.3) is 5.92 Å². The van der Waals surface area contributed by atoms with Gasteiger partial charge < -0.3 is 9.47 Å². The summed E-state index contributed by atoms with van der Waals surface area (Å²) in [5, 5.41) is 0. The van der Waals surface area contributed by atoms with Crippen molar-refractivity contribution in [2.75, 3.05) is 7.11 Å². The van der Waals surface area contributed by atoms with Gasteiger partial charge in [0.1, 0.15) is 11.6 Å². The molecular weight excluding hydrogens is 341 g/mol. The van der Waals surface area contributed by atoms with Crippen LogP contribution >= 0.6 is 15.9 Å². The van der Waals surface area contributed by atoms with Crippen LogP contribution in [0.1, 0.15) is 25.8 Å². The first-order valence-electron chi connectivity index (χ1n) is 5.84. The molecule has 7 heteroatoms. The van der Waals surface area contributed by atoms with Gasteiger partial charge in [0.15, 0.2) is 6.10 Å². The molecule has 112 valence electrons. The van der Waals surface area contributed by atoms with E-state index in [2.05, 4.69) is 20.7 Å². The van der Waals surface area contributed by atoms with E-state index in [0.29, 0.717) is 0 Å². The fraction of sp³-hybridized carbons (Fsp3) is 0.462. The van der Waals surface area contributed by atoms with E-state index in [-0.39, 0.29) is 10.2 Å². The van der Waals surface area contributed by atoms with Gasteiger partial charge in [-0.3, -0.25) is 0 Å². The van der Waals surface area contributed by atoms with E-state index in [9.17, 15) is 18.0 Å². The van der Waals surface area contributed by atoms with E-state index in [0.717, 1.165) is 19.2 Å². The second kappa shape index (κ2) is 6.47. The number of esters is 1. The highest BCUT2D eigenvalue weighted by atomic mass is 79.9. The Hall–Kier alpha value is -1.24. The quantitative estimate of drug-likeness (QED) is 0.749. The van der Waals surface area contributed by atoms with E-state index in [4.69, 9.17) is 4.74 Å². The van der Waals surface area contributed by atoms with Crippen molar-refractivity contribution in [1.29, 1.82) is 0 Å². The van der Waals surface area contributed by atoms with Gasteiger partial charge in [-0.1, -0.05) is 6.92 Å². The van der Waals surface area contributed by atoms with Crippen LogP contribution in [0.25, 0.3) is 0 Å². The molecule has 0 fully saturated rings. The number of benzene rings is 1. The lowest BCUT2D eigenvalue weighted by Gasteiger charge is -2.21. The van der Waals surface area contributed by atoms with Gasteiger partial charge in [0.05, 0.1) is 17.1 Å². The monoisotopic (exact) mass is 354 g/mol. The Balaban J connectivity index is 3.23. The molecule has 0 N–H and O–H groups in total. The lowest BCUT2D eigenvalue weighted by atomic mass is 10.0. The van der Waals surface area contributed by atoms with Gasteiger partial charge in [0, 0.05) is 12.5 Å². The molecule has 1 aromatic carbocycles. The minimum atomic E-state index is -3.19. The van der Waals surface area contributed by atoms with E-state index in [1.165, 1.54) is 13.8 Å². The average Bonchev–Trinajstić information content (AvgIpc) is 2.41. The molecule has 0 bridgehead atoms. The van der Waals surface area contributed by atoms with Crippen molar-refractivity contribution in [3.8, 4) is 5.75 Å². The summed E-state index contributed by atoms with van der Waals surface area (Å²) in [4.78, 5) is 11.3. The van der Waals surface area contributed by atoms with Gasteiger partial charge in [0.2, 0.25) is 0 Å². The molecule has 0 aliphatic rings. The van der Waals surface area contributed by atoms with Crippen LogP contribution in [-0.2, 0) is 15.5 Å². The van der Waals surface area contributed by atoms with Crippen LogP contribution < -0.4 is 4.74 Å². The smallest absolute Gasteiger partial charge is 0.346 e.